The van der Waals surface area contributed by atoms with Crippen molar-refractivity contribution in [3.05, 3.63) is 0 Å². The van der Waals surface area contributed by atoms with E-state index in [2.05, 4.69) is 24.1 Å². The standard InChI is InChI=1S/C18H35N3O.HI/c1-3-7-16(8-13-22)14-20-17(19-4-2)21-12-11-18(15-21)9-5-6-10-18;/h16,22H,3-15H2,1-2H3,(H,19,20);1H. The van der Waals surface area contributed by atoms with E-state index in [1.807, 2.05) is 0 Å². The largest absolute Gasteiger partial charge is 0.396 e. The van der Waals surface area contributed by atoms with Crippen LogP contribution in [-0.2, 0) is 0 Å². The average molecular weight is 437 g/mol. The maximum absolute atomic E-state index is 9.21. The molecule has 0 amide bonds. The fourth-order valence-electron chi connectivity index (χ4n) is 4.21. The van der Waals surface area contributed by atoms with Crippen molar-refractivity contribution in [1.82, 2.24) is 10.2 Å². The Bertz CT molecular complexity index is 350. The first-order valence-corrected chi connectivity index (χ1v) is 9.37. The van der Waals surface area contributed by atoms with Crippen LogP contribution in [0.4, 0.5) is 0 Å². The summed E-state index contributed by atoms with van der Waals surface area (Å²) >= 11 is 0. The molecule has 1 aliphatic carbocycles. The van der Waals surface area contributed by atoms with Gasteiger partial charge in [0.2, 0.25) is 0 Å². The molecular weight excluding hydrogens is 401 g/mol. The van der Waals surface area contributed by atoms with Crippen LogP contribution >= 0.6 is 24.0 Å². The van der Waals surface area contributed by atoms with Crippen molar-refractivity contribution >= 4 is 29.9 Å². The van der Waals surface area contributed by atoms with Gasteiger partial charge < -0.3 is 15.3 Å². The van der Waals surface area contributed by atoms with Crippen LogP contribution in [-0.4, -0.2) is 48.8 Å². The van der Waals surface area contributed by atoms with Gasteiger partial charge in [0.1, 0.15) is 0 Å². The van der Waals surface area contributed by atoms with E-state index in [0.717, 1.165) is 38.4 Å². The molecule has 0 aromatic heterocycles. The van der Waals surface area contributed by atoms with Crippen molar-refractivity contribution in [3.63, 3.8) is 0 Å². The number of nitrogens with one attached hydrogen (secondary N) is 1. The quantitative estimate of drug-likeness (QED) is 0.363. The molecule has 1 unspecified atom stereocenters. The van der Waals surface area contributed by atoms with Crippen molar-refractivity contribution in [2.24, 2.45) is 16.3 Å². The molecule has 1 atom stereocenters. The van der Waals surface area contributed by atoms with Gasteiger partial charge in [0.05, 0.1) is 0 Å². The Kier molecular flexibility index (Phi) is 9.82. The molecule has 2 N–H and O–H groups in total. The number of rotatable bonds is 7. The summed E-state index contributed by atoms with van der Waals surface area (Å²) in [4.78, 5) is 7.39. The molecule has 2 fully saturated rings. The molecule has 0 aromatic carbocycles. The molecule has 5 heteroatoms. The third-order valence-electron chi connectivity index (χ3n) is 5.47. The second-order valence-corrected chi connectivity index (χ2v) is 7.24. The van der Waals surface area contributed by atoms with Gasteiger partial charge in [-0.1, -0.05) is 26.2 Å². The van der Waals surface area contributed by atoms with E-state index < -0.39 is 0 Å². The van der Waals surface area contributed by atoms with Gasteiger partial charge in [0, 0.05) is 32.8 Å². The lowest BCUT2D eigenvalue weighted by molar-refractivity contribution is 0.253. The van der Waals surface area contributed by atoms with Crippen molar-refractivity contribution in [1.29, 1.82) is 0 Å². The smallest absolute Gasteiger partial charge is 0.193 e. The highest BCUT2D eigenvalue weighted by molar-refractivity contribution is 14.0. The number of guanidine groups is 1. The molecule has 4 nitrogen and oxygen atoms in total. The van der Waals surface area contributed by atoms with Crippen molar-refractivity contribution in [3.8, 4) is 0 Å². The van der Waals surface area contributed by atoms with Gasteiger partial charge in [-0.05, 0) is 50.4 Å². The van der Waals surface area contributed by atoms with Crippen LogP contribution in [0.3, 0.4) is 0 Å². The summed E-state index contributed by atoms with van der Waals surface area (Å²) in [6.07, 6.45) is 10.2. The number of hydrogen-bond acceptors (Lipinski definition) is 2. The van der Waals surface area contributed by atoms with Crippen LogP contribution in [0.2, 0.25) is 0 Å². The summed E-state index contributed by atoms with van der Waals surface area (Å²) in [5.74, 6) is 1.62. The number of aliphatic hydroxyl groups excluding tert-OH is 1. The molecule has 136 valence electrons. The first kappa shape index (κ1) is 21.0. The summed E-state index contributed by atoms with van der Waals surface area (Å²) in [7, 11) is 0. The van der Waals surface area contributed by atoms with Gasteiger partial charge in [-0.2, -0.15) is 0 Å². The number of likely N-dealkylation sites (tertiary alicyclic amines) is 1. The van der Waals surface area contributed by atoms with Crippen molar-refractivity contribution in [2.45, 2.75) is 65.2 Å². The van der Waals surface area contributed by atoms with Crippen LogP contribution in [0, 0.1) is 11.3 Å². The van der Waals surface area contributed by atoms with E-state index >= 15 is 0 Å². The fraction of sp³-hybridized carbons (Fsp3) is 0.944. The predicted octanol–water partition coefficient (Wildman–Crippen LogP) is 3.63. The Morgan fingerprint density at radius 1 is 1.22 bits per heavy atom. The van der Waals surface area contributed by atoms with Crippen LogP contribution < -0.4 is 5.32 Å². The summed E-state index contributed by atoms with van der Waals surface area (Å²) in [5.41, 5.74) is 0.587. The Hall–Kier alpha value is -0.0400. The zero-order valence-electron chi connectivity index (χ0n) is 15.0. The third kappa shape index (κ3) is 6.07. The molecular formula is C18H36IN3O. The minimum atomic E-state index is 0. The molecule has 1 saturated carbocycles. The summed E-state index contributed by atoms with van der Waals surface area (Å²) < 4.78 is 0. The van der Waals surface area contributed by atoms with Crippen LogP contribution in [0.25, 0.3) is 0 Å². The van der Waals surface area contributed by atoms with Gasteiger partial charge in [0.15, 0.2) is 5.96 Å². The minimum Gasteiger partial charge on any atom is -0.396 e. The predicted molar refractivity (Wildman–Crippen MR) is 109 cm³/mol. The lowest BCUT2D eigenvalue weighted by Crippen LogP contribution is -2.41. The molecule has 2 aliphatic rings. The van der Waals surface area contributed by atoms with Crippen LogP contribution in [0.15, 0.2) is 4.99 Å². The molecule has 1 heterocycles. The Morgan fingerprint density at radius 3 is 2.57 bits per heavy atom. The van der Waals surface area contributed by atoms with E-state index in [1.165, 1.54) is 45.1 Å². The highest BCUT2D eigenvalue weighted by Crippen LogP contribution is 2.45. The third-order valence-corrected chi connectivity index (χ3v) is 5.47. The number of hydrogen-bond donors (Lipinski definition) is 2. The second-order valence-electron chi connectivity index (χ2n) is 7.24. The van der Waals surface area contributed by atoms with Crippen molar-refractivity contribution < 1.29 is 5.11 Å². The first-order chi connectivity index (χ1) is 10.7. The van der Waals surface area contributed by atoms with Crippen molar-refractivity contribution in [2.75, 3.05) is 32.8 Å². The highest BCUT2D eigenvalue weighted by atomic mass is 127. The zero-order valence-corrected chi connectivity index (χ0v) is 17.3. The molecule has 1 aliphatic heterocycles. The minimum absolute atomic E-state index is 0. The average Bonchev–Trinajstić information content (AvgIpc) is 3.14. The van der Waals surface area contributed by atoms with Gasteiger partial charge in [0.25, 0.3) is 0 Å². The number of nitrogens with zero attached hydrogens (tertiary/aromatic N) is 2. The van der Waals surface area contributed by atoms with E-state index in [1.54, 1.807) is 0 Å². The molecule has 23 heavy (non-hydrogen) atoms. The van der Waals surface area contributed by atoms with Gasteiger partial charge in [-0.3, -0.25) is 4.99 Å². The van der Waals surface area contributed by atoms with Crippen LogP contribution in [0.1, 0.15) is 65.2 Å². The Labute approximate surface area is 159 Å². The number of halogens is 1. The van der Waals surface area contributed by atoms with E-state index in [9.17, 15) is 5.11 Å². The summed E-state index contributed by atoms with van der Waals surface area (Å²) in [5, 5.41) is 12.7. The second kappa shape index (κ2) is 10.7. The van der Waals surface area contributed by atoms with E-state index in [-0.39, 0.29) is 30.6 Å². The van der Waals surface area contributed by atoms with Crippen LogP contribution in [0.5, 0.6) is 0 Å². The van der Waals surface area contributed by atoms with E-state index in [4.69, 9.17) is 4.99 Å². The first-order valence-electron chi connectivity index (χ1n) is 9.37. The topological polar surface area (TPSA) is 47.9 Å². The SMILES string of the molecule is CCCC(CCO)CN=C(NCC)N1CCC2(CCCC2)C1.I. The molecule has 1 spiro atoms. The van der Waals surface area contributed by atoms with E-state index in [0.29, 0.717) is 11.3 Å². The maximum atomic E-state index is 9.21. The monoisotopic (exact) mass is 437 g/mol. The van der Waals surface area contributed by atoms with Gasteiger partial charge in [-0.25, -0.2) is 0 Å². The Balaban J connectivity index is 0.00000264. The maximum Gasteiger partial charge on any atom is 0.193 e. The van der Waals surface area contributed by atoms with Gasteiger partial charge in [-0.15, -0.1) is 24.0 Å². The lowest BCUT2D eigenvalue weighted by atomic mass is 9.86. The molecule has 0 aromatic rings. The normalized spacial score (nSPS) is 21.5. The zero-order chi connectivity index (χ0) is 15.8. The lowest BCUT2D eigenvalue weighted by Gasteiger charge is -2.26. The highest BCUT2D eigenvalue weighted by Gasteiger charge is 2.41. The summed E-state index contributed by atoms with van der Waals surface area (Å²) in [6, 6.07) is 0. The number of aliphatic hydroxyl groups is 1. The Morgan fingerprint density at radius 2 is 1.96 bits per heavy atom. The van der Waals surface area contributed by atoms with Gasteiger partial charge >= 0.3 is 0 Å². The number of aliphatic imine (C=N–C) groups is 1. The summed E-state index contributed by atoms with van der Waals surface area (Å²) in [6.45, 7) is 8.77. The molecule has 0 bridgehead atoms. The molecule has 2 rings (SSSR count). The molecule has 1 saturated heterocycles. The molecule has 0 radical (unpaired) electrons. The fourth-order valence-corrected chi connectivity index (χ4v) is 4.21.